The monoisotopic (exact) mass is 252 g/mol. The van der Waals surface area contributed by atoms with Crippen LogP contribution in [0.2, 0.25) is 0 Å². The second-order valence-corrected chi connectivity index (χ2v) is 2.45. The van der Waals surface area contributed by atoms with E-state index >= 15 is 0 Å². The van der Waals surface area contributed by atoms with Crippen molar-refractivity contribution in [3.63, 3.8) is 0 Å². The van der Waals surface area contributed by atoms with Crippen LogP contribution < -0.4 is 0 Å². The number of hydrogen-bond acceptors (Lipinski definition) is 6. The maximum absolute atomic E-state index is 4.87. The Morgan fingerprint density at radius 2 is 0.333 bits per heavy atom. The molecule has 0 fully saturated rings. The summed E-state index contributed by atoms with van der Waals surface area (Å²) in [6.07, 6.45) is 15.8. The Morgan fingerprint density at radius 3 is 0.444 bits per heavy atom. The molecule has 6 nitrogen and oxygen atoms in total. The van der Waals surface area contributed by atoms with Gasteiger partial charge in [-0.15, -0.1) is 0 Å². The highest BCUT2D eigenvalue weighted by Gasteiger charge is 1.75. The molecule has 18 heavy (non-hydrogen) atoms. The van der Waals surface area contributed by atoms with Gasteiger partial charge in [-0.25, -0.2) is 0 Å². The van der Waals surface area contributed by atoms with Gasteiger partial charge >= 0.3 is 0 Å². The first-order valence-electron chi connectivity index (χ1n) is 4.83. The van der Waals surface area contributed by atoms with Gasteiger partial charge in [0.05, 0.1) is 0 Å². The lowest BCUT2D eigenvalue weighted by molar-refractivity contribution is 0.290. The summed E-state index contributed by atoms with van der Waals surface area (Å²) in [7, 11) is 0. The van der Waals surface area contributed by atoms with Crippen molar-refractivity contribution >= 4 is 0 Å². The van der Waals surface area contributed by atoms with Gasteiger partial charge in [0, 0.05) is 0 Å². The van der Waals surface area contributed by atoms with E-state index in [0.717, 1.165) is 0 Å². The molecule has 0 N–H and O–H groups in total. The molecule has 96 valence electrons. The molecular formula is C12H12O6. The highest BCUT2D eigenvalue weighted by Crippen LogP contribution is 1.90. The molecule has 0 aromatic heterocycles. The second kappa shape index (κ2) is 10.7. The Balaban J connectivity index is 2.40. The minimum atomic E-state index is 1.31. The van der Waals surface area contributed by atoms with E-state index in [2.05, 4.69) is 0 Å². The third-order valence-corrected chi connectivity index (χ3v) is 1.28. The largest absolute Gasteiger partial charge is 0.466 e. The van der Waals surface area contributed by atoms with E-state index in [4.69, 9.17) is 28.4 Å². The van der Waals surface area contributed by atoms with Crippen LogP contribution in [0.4, 0.5) is 0 Å². The molecule has 0 atom stereocenters. The van der Waals surface area contributed by atoms with Crippen molar-refractivity contribution in [2.75, 3.05) is 0 Å². The molecule has 0 aliphatic carbocycles. The van der Waals surface area contributed by atoms with Crippen LogP contribution >= 0.6 is 0 Å². The first kappa shape index (κ1) is 13.3. The van der Waals surface area contributed by atoms with Crippen LogP contribution in [0.5, 0.6) is 0 Å². The molecule has 0 saturated carbocycles. The molecule has 0 radical (unpaired) electrons. The van der Waals surface area contributed by atoms with Gasteiger partial charge in [0.25, 0.3) is 0 Å². The number of hydrogen-bond donors (Lipinski definition) is 0. The van der Waals surface area contributed by atoms with Gasteiger partial charge in [0.2, 0.25) is 0 Å². The first-order chi connectivity index (χ1) is 9.00. The van der Waals surface area contributed by atoms with Gasteiger partial charge in [-0.3, -0.25) is 0 Å². The summed E-state index contributed by atoms with van der Waals surface area (Å²) in [5.41, 5.74) is 0. The Hall–Kier alpha value is -2.76. The van der Waals surface area contributed by atoms with Crippen LogP contribution in [0.3, 0.4) is 0 Å². The molecule has 1 aliphatic heterocycles. The molecule has 0 bridgehead atoms. The van der Waals surface area contributed by atoms with Crippen LogP contribution in [0.25, 0.3) is 0 Å². The van der Waals surface area contributed by atoms with Crippen molar-refractivity contribution in [2.24, 2.45) is 0 Å². The minimum Gasteiger partial charge on any atom is -0.466 e. The third-order valence-electron chi connectivity index (χ3n) is 1.28. The molecule has 0 aromatic carbocycles. The van der Waals surface area contributed by atoms with Gasteiger partial charge in [-0.2, -0.15) is 0 Å². The average Bonchev–Trinajstić information content (AvgIpc) is 2.39. The molecule has 1 heterocycles. The van der Waals surface area contributed by atoms with E-state index in [1.165, 1.54) is 75.1 Å². The fraction of sp³-hybridized carbons (Fsp3) is 0. The zero-order chi connectivity index (χ0) is 12.7. The van der Waals surface area contributed by atoms with Crippen molar-refractivity contribution in [1.29, 1.82) is 0 Å². The van der Waals surface area contributed by atoms with Crippen molar-refractivity contribution in [3.8, 4) is 0 Å². The van der Waals surface area contributed by atoms with Gasteiger partial charge in [-0.05, 0) is 0 Å². The van der Waals surface area contributed by atoms with Crippen molar-refractivity contribution in [3.05, 3.63) is 75.1 Å². The van der Waals surface area contributed by atoms with E-state index in [-0.39, 0.29) is 0 Å². The molecular weight excluding hydrogens is 240 g/mol. The van der Waals surface area contributed by atoms with E-state index < -0.39 is 0 Å². The maximum atomic E-state index is 4.87. The zero-order valence-corrected chi connectivity index (χ0v) is 9.38. The molecule has 0 saturated heterocycles. The lowest BCUT2D eigenvalue weighted by Crippen LogP contribution is -1.74. The van der Waals surface area contributed by atoms with Gasteiger partial charge in [0.15, 0.2) is 0 Å². The van der Waals surface area contributed by atoms with Crippen LogP contribution in [0.15, 0.2) is 75.1 Å². The predicted octanol–water partition coefficient (Wildman–Crippen LogP) is 2.93. The normalized spacial score (nSPS) is 24.9. The molecule has 6 heteroatoms. The average molecular weight is 252 g/mol. The zero-order valence-electron chi connectivity index (χ0n) is 9.38. The smallest absolute Gasteiger partial charge is 0.125 e. The second-order valence-electron chi connectivity index (χ2n) is 2.45. The molecule has 0 unspecified atom stereocenters. The van der Waals surface area contributed by atoms with E-state index in [9.17, 15) is 0 Å². The van der Waals surface area contributed by atoms with E-state index in [1.807, 2.05) is 0 Å². The summed E-state index contributed by atoms with van der Waals surface area (Å²) in [5.74, 6) is 0. The molecule has 0 aromatic rings. The minimum absolute atomic E-state index is 1.31. The first-order valence-corrected chi connectivity index (χ1v) is 4.83. The SMILES string of the molecule is C1=CO/C=C\O/C=C\O/C=C\O/C=C\O/C=C\O1. The van der Waals surface area contributed by atoms with Gasteiger partial charge in [0.1, 0.15) is 75.1 Å². The summed E-state index contributed by atoms with van der Waals surface area (Å²) < 4.78 is 29.2. The summed E-state index contributed by atoms with van der Waals surface area (Å²) in [6.45, 7) is 0. The lowest BCUT2D eigenvalue weighted by atomic mass is 10.9. The highest BCUT2D eigenvalue weighted by atomic mass is 16.5. The van der Waals surface area contributed by atoms with Crippen molar-refractivity contribution in [1.82, 2.24) is 0 Å². The van der Waals surface area contributed by atoms with Crippen molar-refractivity contribution < 1.29 is 28.4 Å². The third kappa shape index (κ3) is 8.54. The predicted molar refractivity (Wildman–Crippen MR) is 61.4 cm³/mol. The summed E-state index contributed by atoms with van der Waals surface area (Å²) >= 11 is 0. The lowest BCUT2D eigenvalue weighted by Gasteiger charge is -1.94. The fourth-order valence-corrected chi connectivity index (χ4v) is 0.657. The molecule has 1 aliphatic rings. The molecule has 0 amide bonds. The molecule has 1 rings (SSSR count). The topological polar surface area (TPSA) is 55.4 Å². The fourth-order valence-electron chi connectivity index (χ4n) is 0.657. The van der Waals surface area contributed by atoms with Crippen LogP contribution in [0.1, 0.15) is 0 Å². The quantitative estimate of drug-likeness (QED) is 0.660. The highest BCUT2D eigenvalue weighted by molar-refractivity contribution is 4.78. The Morgan fingerprint density at radius 1 is 0.222 bits per heavy atom. The number of rotatable bonds is 0. The Kier molecular flexibility index (Phi) is 7.94. The van der Waals surface area contributed by atoms with E-state index in [1.54, 1.807) is 0 Å². The maximum Gasteiger partial charge on any atom is 0.125 e. The van der Waals surface area contributed by atoms with Crippen LogP contribution in [-0.2, 0) is 28.4 Å². The molecule has 0 spiro atoms. The Labute approximate surface area is 104 Å². The number of ether oxygens (including phenoxy) is 6. The standard InChI is InChI=1S/C12H12O6/c1-2-14-5-6-16-9-10-18-12-11-17-8-7-15-4-3-13-1/h1-12H/b2-1-,4-3-,6-5-,8-7-,10-9-,12-11?. The van der Waals surface area contributed by atoms with Crippen LogP contribution in [-0.4, -0.2) is 0 Å². The Bertz CT molecular complexity index is 248. The van der Waals surface area contributed by atoms with Crippen molar-refractivity contribution in [2.45, 2.75) is 0 Å². The van der Waals surface area contributed by atoms with Crippen LogP contribution in [0, 0.1) is 0 Å². The van der Waals surface area contributed by atoms with Gasteiger partial charge < -0.3 is 28.4 Å². The summed E-state index contributed by atoms with van der Waals surface area (Å²) in [4.78, 5) is 0. The van der Waals surface area contributed by atoms with E-state index in [0.29, 0.717) is 0 Å². The summed E-state index contributed by atoms with van der Waals surface area (Å²) in [5, 5.41) is 0. The van der Waals surface area contributed by atoms with Gasteiger partial charge in [-0.1, -0.05) is 0 Å². The summed E-state index contributed by atoms with van der Waals surface area (Å²) in [6, 6.07) is 0.